The number of aryl methyl sites for hydroxylation is 1. The van der Waals surface area contributed by atoms with E-state index in [1.54, 1.807) is 11.3 Å². The zero-order valence-corrected chi connectivity index (χ0v) is 23.2. The van der Waals surface area contributed by atoms with Crippen molar-refractivity contribution in [2.24, 2.45) is 0 Å². The normalized spacial score (nSPS) is 13.9. The molecule has 4 nitrogen and oxygen atoms in total. The first-order valence-corrected chi connectivity index (χ1v) is 13.3. The van der Waals surface area contributed by atoms with E-state index in [9.17, 15) is 10.2 Å². The van der Waals surface area contributed by atoms with Gasteiger partial charge in [0, 0.05) is 10.4 Å². The highest BCUT2D eigenvalue weighted by molar-refractivity contribution is 7.15. The van der Waals surface area contributed by atoms with Crippen LogP contribution in [0.5, 0.6) is 0 Å². The fourth-order valence-electron chi connectivity index (χ4n) is 3.85. The molecular weight excluding hydrogens is 466 g/mol. The van der Waals surface area contributed by atoms with Crippen LogP contribution in [0, 0.1) is 0 Å². The number of allylic oxidation sites excluding steroid dienone is 3. The quantitative estimate of drug-likeness (QED) is 0.208. The minimum Gasteiger partial charge on any atom is -0.485 e. The molecule has 0 bridgehead atoms. The number of aromatic nitrogens is 1. The summed E-state index contributed by atoms with van der Waals surface area (Å²) < 4.78 is 5.90. The first-order chi connectivity index (χ1) is 17.0. The van der Waals surface area contributed by atoms with Gasteiger partial charge in [-0.15, -0.1) is 11.3 Å². The Hall–Kier alpha value is -2.73. The van der Waals surface area contributed by atoms with Crippen LogP contribution in [0.15, 0.2) is 78.1 Å². The summed E-state index contributed by atoms with van der Waals surface area (Å²) >= 11 is 1.73. The number of nitrogens with zero attached hydrogens (tertiary/aromatic N) is 1. The topological polar surface area (TPSA) is 62.6 Å². The molecule has 192 valence electrons. The van der Waals surface area contributed by atoms with E-state index in [0.717, 1.165) is 33.8 Å². The van der Waals surface area contributed by atoms with Gasteiger partial charge in [0.25, 0.3) is 0 Å². The highest BCUT2D eigenvalue weighted by Gasteiger charge is 2.20. The summed E-state index contributed by atoms with van der Waals surface area (Å²) in [5.74, 6) is 0.914. The van der Waals surface area contributed by atoms with E-state index >= 15 is 0 Å². The third kappa shape index (κ3) is 7.16. The molecule has 0 fully saturated rings. The average Bonchev–Trinajstić information content (AvgIpc) is 3.29. The van der Waals surface area contributed by atoms with E-state index < -0.39 is 11.7 Å². The fraction of sp³-hybridized carbons (Fsp3) is 0.387. The summed E-state index contributed by atoms with van der Waals surface area (Å²) in [6, 6.07) is 14.9. The van der Waals surface area contributed by atoms with Crippen molar-refractivity contribution in [1.29, 1.82) is 0 Å². The molecule has 1 aromatic heterocycles. The molecule has 2 N–H and O–H groups in total. The van der Waals surface area contributed by atoms with Crippen molar-refractivity contribution in [1.82, 2.24) is 4.98 Å². The Bertz CT molecular complexity index is 1270. The van der Waals surface area contributed by atoms with E-state index in [-0.39, 0.29) is 6.61 Å². The molecule has 0 amide bonds. The van der Waals surface area contributed by atoms with Gasteiger partial charge in [0.1, 0.15) is 16.4 Å². The highest BCUT2D eigenvalue weighted by Crippen LogP contribution is 2.34. The largest absolute Gasteiger partial charge is 0.485 e. The molecule has 0 radical (unpaired) electrons. The average molecular weight is 506 g/mol. The molecule has 1 unspecified atom stereocenters. The van der Waals surface area contributed by atoms with Crippen molar-refractivity contribution in [3.8, 4) is 10.6 Å². The van der Waals surface area contributed by atoms with Gasteiger partial charge in [-0.25, -0.2) is 4.98 Å². The van der Waals surface area contributed by atoms with Gasteiger partial charge >= 0.3 is 0 Å². The summed E-state index contributed by atoms with van der Waals surface area (Å²) in [6.07, 6.45) is 4.49. The lowest BCUT2D eigenvalue weighted by Crippen LogP contribution is -2.28. The first-order valence-electron chi connectivity index (χ1n) is 12.5. The van der Waals surface area contributed by atoms with Gasteiger partial charge in [0.05, 0.1) is 18.4 Å². The van der Waals surface area contributed by atoms with Crippen LogP contribution in [0.4, 0.5) is 0 Å². The molecule has 36 heavy (non-hydrogen) atoms. The maximum absolute atomic E-state index is 10.9. The number of aliphatic hydroxyl groups excluding tert-OH is 2. The van der Waals surface area contributed by atoms with Crippen LogP contribution >= 0.6 is 11.3 Å². The van der Waals surface area contributed by atoms with Gasteiger partial charge in [-0.05, 0) is 80.5 Å². The number of hydrogen-bond acceptors (Lipinski definition) is 5. The van der Waals surface area contributed by atoms with Crippen LogP contribution in [0.2, 0.25) is 0 Å². The molecular formula is C31H39NO3S. The van der Waals surface area contributed by atoms with Gasteiger partial charge in [-0.1, -0.05) is 62.9 Å². The third-order valence-corrected chi connectivity index (χ3v) is 7.31. The van der Waals surface area contributed by atoms with E-state index in [4.69, 9.17) is 9.72 Å². The molecule has 0 saturated carbocycles. The van der Waals surface area contributed by atoms with Crippen LogP contribution < -0.4 is 0 Å². The number of ether oxygens (including phenoxy) is 1. The Morgan fingerprint density at radius 2 is 1.81 bits per heavy atom. The highest BCUT2D eigenvalue weighted by atomic mass is 32.1. The van der Waals surface area contributed by atoms with E-state index in [1.807, 2.05) is 39.8 Å². The Labute approximate surface area is 219 Å². The van der Waals surface area contributed by atoms with Crippen molar-refractivity contribution in [3.05, 3.63) is 88.7 Å². The maximum Gasteiger partial charge on any atom is 0.126 e. The molecule has 1 heterocycles. The Balaban J connectivity index is 1.76. The maximum atomic E-state index is 10.9. The fourth-order valence-corrected chi connectivity index (χ4v) is 5.07. The molecule has 1 atom stereocenters. The summed E-state index contributed by atoms with van der Waals surface area (Å²) in [5, 5.41) is 23.8. The van der Waals surface area contributed by atoms with Gasteiger partial charge in [0.2, 0.25) is 0 Å². The lowest BCUT2D eigenvalue weighted by molar-refractivity contribution is -0.00932. The van der Waals surface area contributed by atoms with Gasteiger partial charge in [-0.2, -0.15) is 0 Å². The summed E-state index contributed by atoms with van der Waals surface area (Å²) in [6.45, 7) is 15.6. The predicted molar refractivity (Wildman–Crippen MR) is 152 cm³/mol. The zero-order valence-electron chi connectivity index (χ0n) is 22.3. The van der Waals surface area contributed by atoms with Gasteiger partial charge < -0.3 is 14.9 Å². The predicted octanol–water partition coefficient (Wildman–Crippen LogP) is 7.57. The van der Waals surface area contributed by atoms with E-state index in [0.29, 0.717) is 18.1 Å². The molecule has 3 rings (SSSR count). The molecule has 0 aliphatic rings. The molecule has 0 saturated heterocycles. The number of hydrogen-bond donors (Lipinski definition) is 2. The Kier molecular flexibility index (Phi) is 9.29. The second-order valence-corrected chi connectivity index (χ2v) is 11.4. The molecule has 0 aliphatic carbocycles. The van der Waals surface area contributed by atoms with Crippen LogP contribution in [0.25, 0.3) is 21.3 Å². The zero-order chi connectivity index (χ0) is 26.5. The third-order valence-electron chi connectivity index (χ3n) is 6.13. The smallest absolute Gasteiger partial charge is 0.126 e. The summed E-state index contributed by atoms with van der Waals surface area (Å²) in [5.41, 5.74) is 3.16. The summed E-state index contributed by atoms with van der Waals surface area (Å²) in [4.78, 5) is 6.22. The van der Waals surface area contributed by atoms with Crippen LogP contribution in [0.1, 0.15) is 64.5 Å². The van der Waals surface area contributed by atoms with E-state index in [1.165, 1.54) is 15.6 Å². The SMILES string of the molecule is C=C(C)/C(=C\C=C(/C)C(O)CCc1sc(-c2ccc3ccccc3c2)nc1C(C)C)OC(C)(C)CO. The minimum absolute atomic E-state index is 0.100. The Morgan fingerprint density at radius 3 is 2.44 bits per heavy atom. The number of benzene rings is 2. The summed E-state index contributed by atoms with van der Waals surface area (Å²) in [7, 11) is 0. The number of aliphatic hydroxyl groups is 2. The van der Waals surface area contributed by atoms with Crippen LogP contribution in [0.3, 0.4) is 0 Å². The van der Waals surface area contributed by atoms with Crippen molar-refractivity contribution >= 4 is 22.1 Å². The number of rotatable bonds is 11. The lowest BCUT2D eigenvalue weighted by Gasteiger charge is -2.26. The van der Waals surface area contributed by atoms with Crippen LogP contribution in [-0.2, 0) is 11.2 Å². The number of fused-ring (bicyclic) bond motifs is 1. The van der Waals surface area contributed by atoms with Crippen molar-refractivity contribution in [2.45, 2.75) is 72.0 Å². The van der Waals surface area contributed by atoms with Crippen LogP contribution in [-0.4, -0.2) is 33.5 Å². The van der Waals surface area contributed by atoms with Gasteiger partial charge in [-0.3, -0.25) is 0 Å². The number of thiazole rings is 1. The molecule has 2 aromatic carbocycles. The monoisotopic (exact) mass is 505 g/mol. The second-order valence-electron chi connectivity index (χ2n) is 10.3. The van der Waals surface area contributed by atoms with Crippen molar-refractivity contribution in [2.75, 3.05) is 6.61 Å². The van der Waals surface area contributed by atoms with Crippen molar-refractivity contribution < 1.29 is 14.9 Å². The standard InChI is InChI=1S/C31H39NO3S/c1-20(2)27(35-31(6,7)19-33)16-12-22(5)26(34)15-17-28-29(21(3)4)32-30(36-28)25-14-13-23-10-8-9-11-24(23)18-25/h8-14,16,18,21,26,33-34H,1,15,17,19H2,2-7H3/b22-12+,27-16+. The van der Waals surface area contributed by atoms with E-state index in [2.05, 4.69) is 62.9 Å². The molecule has 0 spiro atoms. The lowest BCUT2D eigenvalue weighted by atomic mass is 10.0. The Morgan fingerprint density at radius 1 is 1.11 bits per heavy atom. The van der Waals surface area contributed by atoms with Crippen molar-refractivity contribution in [3.63, 3.8) is 0 Å². The van der Waals surface area contributed by atoms with Gasteiger partial charge in [0.15, 0.2) is 0 Å². The molecule has 3 aromatic rings. The molecule has 0 aliphatic heterocycles. The first kappa shape index (κ1) is 27.9. The second kappa shape index (κ2) is 12.0. The minimum atomic E-state index is -0.701. The molecule has 5 heteroatoms.